The molecule has 1 saturated heterocycles. The van der Waals surface area contributed by atoms with Crippen molar-refractivity contribution in [1.82, 2.24) is 0 Å². The van der Waals surface area contributed by atoms with E-state index in [0.29, 0.717) is 18.4 Å². The van der Waals surface area contributed by atoms with Crippen LogP contribution in [-0.4, -0.2) is 25.2 Å². The summed E-state index contributed by atoms with van der Waals surface area (Å²) in [6.07, 6.45) is 1.97. The van der Waals surface area contributed by atoms with Crippen LogP contribution in [0.3, 0.4) is 0 Å². The molecule has 0 amide bonds. The quantitative estimate of drug-likeness (QED) is 0.630. The summed E-state index contributed by atoms with van der Waals surface area (Å²) in [5.74, 6) is -0.156. The lowest BCUT2D eigenvalue weighted by Gasteiger charge is -2.20. The van der Waals surface area contributed by atoms with E-state index < -0.39 is 15.1 Å². The van der Waals surface area contributed by atoms with E-state index in [1.807, 2.05) is 0 Å². The second-order valence-corrected chi connectivity index (χ2v) is 5.80. The number of hydrogen-bond donors (Lipinski definition) is 0. The molecule has 0 bridgehead atoms. The zero-order chi connectivity index (χ0) is 10.1. The first kappa shape index (κ1) is 10.4. The minimum Gasteiger partial charge on any atom is -0.293 e. The lowest BCUT2D eigenvalue weighted by Crippen LogP contribution is -2.35. The van der Waals surface area contributed by atoms with Gasteiger partial charge in [-0.15, -0.1) is 0 Å². The van der Waals surface area contributed by atoms with Crippen molar-refractivity contribution in [2.75, 3.05) is 5.75 Å². The fourth-order valence-electron chi connectivity index (χ4n) is 1.52. The normalized spacial score (nSPS) is 26.7. The second-order valence-electron chi connectivity index (χ2n) is 3.50. The first-order chi connectivity index (χ1) is 5.95. The number of hydrogen-bond acceptors (Lipinski definition) is 3. The Hall–Kier alpha value is -0.640. The molecule has 0 radical (unpaired) electrons. The van der Waals surface area contributed by atoms with E-state index in [4.69, 9.17) is 0 Å². The zero-order valence-corrected chi connectivity index (χ0v) is 8.56. The van der Waals surface area contributed by atoms with Crippen LogP contribution < -0.4 is 0 Å². The SMILES string of the molecule is C=C(C)C(=O)C1CCCCS1(=O)=O. The summed E-state index contributed by atoms with van der Waals surface area (Å²) in [5.41, 5.74) is 0.343. The Morgan fingerprint density at radius 1 is 1.38 bits per heavy atom. The molecule has 74 valence electrons. The number of sulfone groups is 1. The summed E-state index contributed by atoms with van der Waals surface area (Å²) in [4.78, 5) is 11.4. The molecule has 0 aromatic rings. The van der Waals surface area contributed by atoms with Gasteiger partial charge in [-0.3, -0.25) is 4.79 Å². The first-order valence-electron chi connectivity index (χ1n) is 4.36. The Bertz CT molecular complexity index is 327. The third kappa shape index (κ3) is 2.18. The van der Waals surface area contributed by atoms with Crippen LogP contribution in [0.1, 0.15) is 26.2 Å². The highest BCUT2D eigenvalue weighted by molar-refractivity contribution is 7.92. The van der Waals surface area contributed by atoms with Crippen LogP contribution in [0.2, 0.25) is 0 Å². The smallest absolute Gasteiger partial charge is 0.176 e. The van der Waals surface area contributed by atoms with Crippen molar-refractivity contribution < 1.29 is 13.2 Å². The van der Waals surface area contributed by atoms with Crippen LogP contribution >= 0.6 is 0 Å². The molecule has 0 spiro atoms. The van der Waals surface area contributed by atoms with E-state index in [2.05, 4.69) is 6.58 Å². The van der Waals surface area contributed by atoms with Crippen LogP contribution in [0.25, 0.3) is 0 Å². The van der Waals surface area contributed by atoms with Gasteiger partial charge in [-0.25, -0.2) is 8.42 Å². The maximum Gasteiger partial charge on any atom is 0.176 e. The lowest BCUT2D eigenvalue weighted by atomic mass is 10.1. The summed E-state index contributed by atoms with van der Waals surface area (Å²) < 4.78 is 22.9. The van der Waals surface area contributed by atoms with Crippen molar-refractivity contribution in [2.45, 2.75) is 31.4 Å². The van der Waals surface area contributed by atoms with Gasteiger partial charge in [-0.05, 0) is 25.3 Å². The van der Waals surface area contributed by atoms with Gasteiger partial charge in [0.25, 0.3) is 0 Å². The molecule has 0 N–H and O–H groups in total. The van der Waals surface area contributed by atoms with Crippen LogP contribution in [0.15, 0.2) is 12.2 Å². The highest BCUT2D eigenvalue weighted by Crippen LogP contribution is 2.21. The van der Waals surface area contributed by atoms with E-state index in [1.54, 1.807) is 6.92 Å². The Balaban J connectivity index is 2.90. The number of allylic oxidation sites excluding steroid dienone is 1. The van der Waals surface area contributed by atoms with Gasteiger partial charge in [-0.1, -0.05) is 13.0 Å². The maximum atomic E-state index is 11.5. The van der Waals surface area contributed by atoms with Crippen molar-refractivity contribution in [3.05, 3.63) is 12.2 Å². The molecule has 1 heterocycles. The van der Waals surface area contributed by atoms with Crippen LogP contribution in [-0.2, 0) is 14.6 Å². The summed E-state index contributed by atoms with van der Waals surface area (Å²) >= 11 is 0. The standard InChI is InChI=1S/C9H14O3S/c1-7(2)9(10)8-5-3-4-6-13(8,11)12/h8H,1,3-6H2,2H3. The highest BCUT2D eigenvalue weighted by Gasteiger charge is 2.34. The fourth-order valence-corrected chi connectivity index (χ4v) is 3.47. The summed E-state index contributed by atoms with van der Waals surface area (Å²) in [6.45, 7) is 5.04. The molecule has 0 saturated carbocycles. The molecule has 1 rings (SSSR count). The third-order valence-electron chi connectivity index (χ3n) is 2.29. The van der Waals surface area contributed by atoms with Gasteiger partial charge < -0.3 is 0 Å². The average molecular weight is 202 g/mol. The average Bonchev–Trinajstić information content (AvgIpc) is 2.02. The molecule has 1 unspecified atom stereocenters. The molecular formula is C9H14O3S. The first-order valence-corrected chi connectivity index (χ1v) is 6.08. The fraction of sp³-hybridized carbons (Fsp3) is 0.667. The molecule has 4 heteroatoms. The van der Waals surface area contributed by atoms with Crippen LogP contribution in [0.4, 0.5) is 0 Å². The van der Waals surface area contributed by atoms with E-state index in [-0.39, 0.29) is 11.5 Å². The molecule has 1 fully saturated rings. The number of carbonyl (C=O) groups excluding carboxylic acids is 1. The molecule has 1 aliphatic heterocycles. The third-order valence-corrected chi connectivity index (χ3v) is 4.47. The highest BCUT2D eigenvalue weighted by atomic mass is 32.2. The van der Waals surface area contributed by atoms with E-state index in [1.165, 1.54) is 0 Å². The monoisotopic (exact) mass is 202 g/mol. The summed E-state index contributed by atoms with van der Waals surface area (Å²) in [6, 6.07) is 0. The van der Waals surface area contributed by atoms with E-state index in [9.17, 15) is 13.2 Å². The Morgan fingerprint density at radius 3 is 2.46 bits per heavy atom. The molecule has 1 atom stereocenters. The molecule has 1 aliphatic rings. The van der Waals surface area contributed by atoms with Gasteiger partial charge in [0.15, 0.2) is 15.6 Å². The predicted octanol–water partition coefficient (Wildman–Crippen LogP) is 1.10. The minimum absolute atomic E-state index is 0.149. The molecule has 0 aromatic carbocycles. The molecule has 0 aliphatic carbocycles. The number of carbonyl (C=O) groups is 1. The van der Waals surface area contributed by atoms with Gasteiger partial charge in [0.2, 0.25) is 0 Å². The molecular weight excluding hydrogens is 188 g/mol. The second kappa shape index (κ2) is 3.62. The number of Topliss-reactive ketones (excluding diaryl/α,β-unsaturated/α-hetero) is 1. The van der Waals surface area contributed by atoms with Gasteiger partial charge in [-0.2, -0.15) is 0 Å². The van der Waals surface area contributed by atoms with Crippen molar-refractivity contribution in [2.24, 2.45) is 0 Å². The zero-order valence-electron chi connectivity index (χ0n) is 7.75. The van der Waals surface area contributed by atoms with Crippen LogP contribution in [0.5, 0.6) is 0 Å². The lowest BCUT2D eigenvalue weighted by molar-refractivity contribution is -0.115. The van der Waals surface area contributed by atoms with Crippen LogP contribution in [0, 0.1) is 0 Å². The molecule has 0 aromatic heterocycles. The van der Waals surface area contributed by atoms with Gasteiger partial charge >= 0.3 is 0 Å². The van der Waals surface area contributed by atoms with Crippen molar-refractivity contribution >= 4 is 15.6 Å². The van der Waals surface area contributed by atoms with Crippen molar-refractivity contribution in [3.63, 3.8) is 0 Å². The van der Waals surface area contributed by atoms with Gasteiger partial charge in [0.1, 0.15) is 5.25 Å². The summed E-state index contributed by atoms with van der Waals surface area (Å²) in [7, 11) is -3.18. The number of rotatable bonds is 2. The van der Waals surface area contributed by atoms with Gasteiger partial charge in [0, 0.05) is 0 Å². The van der Waals surface area contributed by atoms with E-state index >= 15 is 0 Å². The van der Waals surface area contributed by atoms with Crippen molar-refractivity contribution in [3.8, 4) is 0 Å². The van der Waals surface area contributed by atoms with Gasteiger partial charge in [0.05, 0.1) is 5.75 Å². The topological polar surface area (TPSA) is 51.2 Å². The van der Waals surface area contributed by atoms with Crippen molar-refractivity contribution in [1.29, 1.82) is 0 Å². The Kier molecular flexibility index (Phi) is 2.91. The largest absolute Gasteiger partial charge is 0.293 e. The Morgan fingerprint density at radius 2 is 2.00 bits per heavy atom. The molecule has 3 nitrogen and oxygen atoms in total. The minimum atomic E-state index is -3.18. The van der Waals surface area contributed by atoms with E-state index in [0.717, 1.165) is 6.42 Å². The Labute approximate surface area is 78.8 Å². The maximum absolute atomic E-state index is 11.5. The predicted molar refractivity (Wildman–Crippen MR) is 51.2 cm³/mol. The number of ketones is 1. The summed E-state index contributed by atoms with van der Waals surface area (Å²) in [5, 5.41) is -0.807. The molecule has 13 heavy (non-hydrogen) atoms.